The third-order valence-electron chi connectivity index (χ3n) is 3.35. The van der Waals surface area contributed by atoms with E-state index < -0.39 is 5.97 Å². The first-order chi connectivity index (χ1) is 8.10. The first kappa shape index (κ1) is 16.4. The highest BCUT2D eigenvalue weighted by Gasteiger charge is 2.26. The number of rotatable bonds is 11. The summed E-state index contributed by atoms with van der Waals surface area (Å²) in [7, 11) is 0. The summed E-state index contributed by atoms with van der Waals surface area (Å²) in [5, 5.41) is 18.0. The molecule has 0 heterocycles. The molecule has 0 saturated heterocycles. The fraction of sp³-hybridized carbons (Fsp3) is 0.923. The van der Waals surface area contributed by atoms with Crippen LogP contribution in [0.4, 0.5) is 0 Å². The van der Waals surface area contributed by atoms with Gasteiger partial charge in [-0.2, -0.15) is 0 Å². The molecule has 4 nitrogen and oxygen atoms in total. The van der Waals surface area contributed by atoms with Crippen LogP contribution in [0.25, 0.3) is 0 Å². The largest absolute Gasteiger partial charge is 0.481 e. The summed E-state index contributed by atoms with van der Waals surface area (Å²) in [6.07, 6.45) is 4.63. The Bertz CT molecular complexity index is 199. The van der Waals surface area contributed by atoms with Crippen LogP contribution in [-0.4, -0.2) is 53.5 Å². The van der Waals surface area contributed by atoms with E-state index in [9.17, 15) is 9.90 Å². The topological polar surface area (TPSA) is 57.5 Å². The molecule has 0 saturated carbocycles. The standard InChI is InChI=1S/C13H27NO3/c1-3-5-8-14(11-12-15,9-6-4-2)10-7-13(16)17/h15H,3-12H2,1-2H3/p+1. The zero-order chi connectivity index (χ0) is 13.1. The van der Waals surface area contributed by atoms with Crippen LogP contribution in [0.3, 0.4) is 0 Å². The molecule has 2 N–H and O–H groups in total. The third kappa shape index (κ3) is 7.34. The van der Waals surface area contributed by atoms with Crippen LogP contribution in [0.5, 0.6) is 0 Å². The number of nitrogens with zero attached hydrogens (tertiary/aromatic N) is 1. The summed E-state index contributed by atoms with van der Waals surface area (Å²) in [6.45, 7) is 7.75. The summed E-state index contributed by atoms with van der Waals surface area (Å²) in [5.74, 6) is -0.738. The lowest BCUT2D eigenvalue weighted by Crippen LogP contribution is -2.52. The summed E-state index contributed by atoms with van der Waals surface area (Å²) in [4.78, 5) is 10.7. The highest BCUT2D eigenvalue weighted by atomic mass is 16.4. The van der Waals surface area contributed by atoms with Crippen molar-refractivity contribution in [3.8, 4) is 0 Å². The highest BCUT2D eigenvalue weighted by Crippen LogP contribution is 2.13. The summed E-state index contributed by atoms with van der Waals surface area (Å²) in [5.41, 5.74) is 0. The lowest BCUT2D eigenvalue weighted by Gasteiger charge is -2.38. The van der Waals surface area contributed by atoms with Gasteiger partial charge in [0.1, 0.15) is 6.54 Å². The van der Waals surface area contributed by atoms with Gasteiger partial charge in [0.2, 0.25) is 0 Å². The van der Waals surface area contributed by atoms with Crippen LogP contribution in [0, 0.1) is 0 Å². The molecule has 4 heteroatoms. The minimum Gasteiger partial charge on any atom is -0.481 e. The van der Waals surface area contributed by atoms with E-state index in [1.54, 1.807) is 0 Å². The molecule has 0 aromatic rings. The van der Waals surface area contributed by atoms with Gasteiger partial charge in [0, 0.05) is 0 Å². The molecule has 0 aliphatic heterocycles. The molecule has 0 aliphatic rings. The van der Waals surface area contributed by atoms with Gasteiger partial charge < -0.3 is 14.7 Å². The normalized spacial score (nSPS) is 11.7. The van der Waals surface area contributed by atoms with Gasteiger partial charge >= 0.3 is 5.97 Å². The Hall–Kier alpha value is -0.610. The molecule has 17 heavy (non-hydrogen) atoms. The molecule has 0 spiro atoms. The maximum absolute atomic E-state index is 10.7. The molecule has 0 aromatic heterocycles. The maximum Gasteiger partial charge on any atom is 0.309 e. The number of carbonyl (C=O) groups is 1. The maximum atomic E-state index is 10.7. The molecule has 0 rings (SSSR count). The Balaban J connectivity index is 4.48. The molecule has 102 valence electrons. The third-order valence-corrected chi connectivity index (χ3v) is 3.35. The quantitative estimate of drug-likeness (QED) is 0.547. The lowest BCUT2D eigenvalue weighted by molar-refractivity contribution is -0.928. The molecular formula is C13H28NO3+. The average Bonchev–Trinajstić information content (AvgIpc) is 2.31. The fourth-order valence-electron chi connectivity index (χ4n) is 2.20. The molecule has 0 aliphatic carbocycles. The summed E-state index contributed by atoms with van der Waals surface area (Å²) < 4.78 is 0.768. The Morgan fingerprint density at radius 3 is 1.88 bits per heavy atom. The van der Waals surface area contributed by atoms with Gasteiger partial charge in [-0.3, -0.25) is 4.79 Å². The summed E-state index contributed by atoms with van der Waals surface area (Å²) >= 11 is 0. The number of aliphatic hydroxyl groups is 1. The van der Waals surface area contributed by atoms with Crippen LogP contribution in [0.1, 0.15) is 46.0 Å². The van der Waals surface area contributed by atoms with E-state index in [1.807, 2.05) is 0 Å². The number of hydrogen-bond acceptors (Lipinski definition) is 2. The van der Waals surface area contributed by atoms with E-state index in [4.69, 9.17) is 5.11 Å². The van der Waals surface area contributed by atoms with Gasteiger partial charge in [0.25, 0.3) is 0 Å². The van der Waals surface area contributed by atoms with Crippen molar-refractivity contribution in [2.24, 2.45) is 0 Å². The van der Waals surface area contributed by atoms with Gasteiger partial charge in [-0.05, 0) is 12.8 Å². The van der Waals surface area contributed by atoms with E-state index in [2.05, 4.69) is 13.8 Å². The van der Waals surface area contributed by atoms with Gasteiger partial charge in [-0.15, -0.1) is 0 Å². The zero-order valence-corrected chi connectivity index (χ0v) is 11.3. The zero-order valence-electron chi connectivity index (χ0n) is 11.3. The number of quaternary nitrogens is 1. The van der Waals surface area contributed by atoms with Crippen molar-refractivity contribution >= 4 is 5.97 Å². The van der Waals surface area contributed by atoms with Gasteiger partial charge in [-0.25, -0.2) is 0 Å². The van der Waals surface area contributed by atoms with Crippen molar-refractivity contribution in [3.63, 3.8) is 0 Å². The Morgan fingerprint density at radius 2 is 1.53 bits per heavy atom. The Kier molecular flexibility index (Phi) is 9.09. The van der Waals surface area contributed by atoms with Crippen molar-refractivity contribution in [3.05, 3.63) is 0 Å². The first-order valence-electron chi connectivity index (χ1n) is 6.78. The monoisotopic (exact) mass is 246 g/mol. The number of unbranched alkanes of at least 4 members (excludes halogenated alkanes) is 2. The highest BCUT2D eigenvalue weighted by molar-refractivity contribution is 5.66. The molecule has 0 atom stereocenters. The Morgan fingerprint density at radius 1 is 1.00 bits per heavy atom. The van der Waals surface area contributed by atoms with Crippen molar-refractivity contribution in [2.75, 3.05) is 32.8 Å². The molecule has 0 radical (unpaired) electrons. The predicted octanol–water partition coefficient (Wildman–Crippen LogP) is 1.87. The second-order valence-electron chi connectivity index (χ2n) is 4.81. The lowest BCUT2D eigenvalue weighted by atomic mass is 10.2. The minimum absolute atomic E-state index is 0.146. The Labute approximate surface area is 105 Å². The van der Waals surface area contributed by atoms with E-state index in [1.165, 1.54) is 0 Å². The second-order valence-corrected chi connectivity index (χ2v) is 4.81. The molecule has 0 aromatic carbocycles. The number of hydrogen-bond donors (Lipinski definition) is 2. The van der Waals surface area contributed by atoms with E-state index in [-0.39, 0.29) is 13.0 Å². The van der Waals surface area contributed by atoms with Crippen LogP contribution in [0.2, 0.25) is 0 Å². The molecule has 0 unspecified atom stereocenters. The SMILES string of the molecule is CCCC[N+](CCO)(CCCC)CCC(=O)O. The number of aliphatic carboxylic acids is 1. The first-order valence-corrected chi connectivity index (χ1v) is 6.78. The fourth-order valence-corrected chi connectivity index (χ4v) is 2.20. The number of carboxylic acids is 1. The predicted molar refractivity (Wildman–Crippen MR) is 68.9 cm³/mol. The molecule has 0 fully saturated rings. The van der Waals surface area contributed by atoms with Crippen molar-refractivity contribution in [2.45, 2.75) is 46.0 Å². The van der Waals surface area contributed by atoms with Gasteiger partial charge in [-0.1, -0.05) is 26.7 Å². The van der Waals surface area contributed by atoms with Crippen molar-refractivity contribution in [1.29, 1.82) is 0 Å². The van der Waals surface area contributed by atoms with Crippen LogP contribution in [0.15, 0.2) is 0 Å². The van der Waals surface area contributed by atoms with Crippen molar-refractivity contribution in [1.82, 2.24) is 0 Å². The molecule has 0 amide bonds. The van der Waals surface area contributed by atoms with Crippen LogP contribution in [-0.2, 0) is 4.79 Å². The van der Waals surface area contributed by atoms with Gasteiger partial charge in [0.05, 0.1) is 32.7 Å². The van der Waals surface area contributed by atoms with Crippen LogP contribution >= 0.6 is 0 Å². The van der Waals surface area contributed by atoms with E-state index in [0.29, 0.717) is 13.1 Å². The average molecular weight is 246 g/mol. The molecular weight excluding hydrogens is 218 g/mol. The van der Waals surface area contributed by atoms with E-state index >= 15 is 0 Å². The van der Waals surface area contributed by atoms with E-state index in [0.717, 1.165) is 43.3 Å². The van der Waals surface area contributed by atoms with Gasteiger partial charge in [0.15, 0.2) is 0 Å². The minimum atomic E-state index is -0.738. The van der Waals surface area contributed by atoms with Crippen LogP contribution < -0.4 is 0 Å². The number of carboxylic acid groups (broad SMARTS) is 1. The van der Waals surface area contributed by atoms with Crippen molar-refractivity contribution < 1.29 is 19.5 Å². The second kappa shape index (κ2) is 9.42. The number of aliphatic hydroxyl groups excluding tert-OH is 1. The summed E-state index contributed by atoms with van der Waals surface area (Å²) in [6, 6.07) is 0. The smallest absolute Gasteiger partial charge is 0.309 e. The molecule has 0 bridgehead atoms.